The summed E-state index contributed by atoms with van der Waals surface area (Å²) >= 11 is 0. The summed E-state index contributed by atoms with van der Waals surface area (Å²) in [5, 5.41) is 15.3. The van der Waals surface area contributed by atoms with Gasteiger partial charge in [0.05, 0.1) is 6.54 Å². The topological polar surface area (TPSA) is 90.6 Å². The van der Waals surface area contributed by atoms with Crippen molar-refractivity contribution in [1.82, 2.24) is 25.1 Å². The summed E-state index contributed by atoms with van der Waals surface area (Å²) in [7, 11) is 0. The fourth-order valence-electron chi connectivity index (χ4n) is 3.32. The number of benzene rings is 2. The van der Waals surface area contributed by atoms with E-state index in [-0.39, 0.29) is 24.9 Å². The molecule has 4 rings (SSSR count). The minimum Gasteiger partial charge on any atom is -0.483 e. The van der Waals surface area contributed by atoms with Crippen LogP contribution < -0.4 is 14.8 Å². The molecule has 0 aliphatic rings. The lowest BCUT2D eigenvalue weighted by molar-refractivity contribution is -0.123. The third kappa shape index (κ3) is 5.25. The van der Waals surface area contributed by atoms with Gasteiger partial charge >= 0.3 is 0 Å². The minimum absolute atomic E-state index is 0.0737. The van der Waals surface area contributed by atoms with E-state index in [1.807, 2.05) is 26.8 Å². The number of aromatic nitrogens is 4. The molecule has 2 aromatic heterocycles. The second-order valence-corrected chi connectivity index (χ2v) is 7.66. The quantitative estimate of drug-likeness (QED) is 0.415. The summed E-state index contributed by atoms with van der Waals surface area (Å²) in [5.41, 5.74) is 4.45. The Labute approximate surface area is 190 Å². The molecule has 1 amide bonds. The zero-order valence-electron chi connectivity index (χ0n) is 18.6. The van der Waals surface area contributed by atoms with E-state index in [4.69, 9.17) is 9.47 Å². The second kappa shape index (κ2) is 9.64. The van der Waals surface area contributed by atoms with Crippen molar-refractivity contribution in [3.8, 4) is 23.0 Å². The Morgan fingerprint density at radius 1 is 1.03 bits per heavy atom. The van der Waals surface area contributed by atoms with Gasteiger partial charge in [0.15, 0.2) is 18.1 Å². The molecule has 0 radical (unpaired) electrons. The lowest BCUT2D eigenvalue weighted by Crippen LogP contribution is -2.32. The van der Waals surface area contributed by atoms with Gasteiger partial charge in [0.1, 0.15) is 18.2 Å². The van der Waals surface area contributed by atoms with E-state index < -0.39 is 0 Å². The van der Waals surface area contributed by atoms with Crippen LogP contribution in [0.15, 0.2) is 48.5 Å². The van der Waals surface area contributed by atoms with Crippen molar-refractivity contribution in [2.24, 2.45) is 0 Å². The van der Waals surface area contributed by atoms with Crippen LogP contribution in [-0.2, 0) is 4.79 Å². The number of amides is 1. The number of hydrogen-bond donors (Lipinski definition) is 1. The van der Waals surface area contributed by atoms with Crippen molar-refractivity contribution in [3.63, 3.8) is 0 Å². The number of carbonyl (C=O) groups is 1. The normalized spacial score (nSPS) is 10.9. The summed E-state index contributed by atoms with van der Waals surface area (Å²) in [5.74, 6) is 0.964. The first-order chi connectivity index (χ1) is 15.9. The van der Waals surface area contributed by atoms with Crippen molar-refractivity contribution in [3.05, 3.63) is 71.0 Å². The van der Waals surface area contributed by atoms with Gasteiger partial charge in [-0.2, -0.15) is 4.52 Å². The highest BCUT2D eigenvalue weighted by atomic mass is 19.1. The highest BCUT2D eigenvalue weighted by Gasteiger charge is 2.11. The molecule has 0 saturated carbocycles. The van der Waals surface area contributed by atoms with E-state index in [0.29, 0.717) is 35.2 Å². The predicted molar refractivity (Wildman–Crippen MR) is 121 cm³/mol. The van der Waals surface area contributed by atoms with Crippen molar-refractivity contribution in [1.29, 1.82) is 0 Å². The molecule has 2 aromatic carbocycles. The van der Waals surface area contributed by atoms with Gasteiger partial charge in [0.2, 0.25) is 5.88 Å². The Hall–Kier alpha value is -4.01. The Balaban J connectivity index is 1.30. The molecule has 33 heavy (non-hydrogen) atoms. The van der Waals surface area contributed by atoms with Crippen LogP contribution in [0.4, 0.5) is 4.39 Å². The molecule has 2 heterocycles. The van der Waals surface area contributed by atoms with Crippen molar-refractivity contribution < 1.29 is 18.7 Å². The van der Waals surface area contributed by atoms with Crippen LogP contribution in [0.1, 0.15) is 16.7 Å². The van der Waals surface area contributed by atoms with E-state index in [1.165, 1.54) is 16.6 Å². The van der Waals surface area contributed by atoms with Gasteiger partial charge in [0.25, 0.3) is 5.91 Å². The Morgan fingerprint density at radius 3 is 2.61 bits per heavy atom. The van der Waals surface area contributed by atoms with Crippen LogP contribution in [0.3, 0.4) is 0 Å². The minimum atomic E-state index is -0.332. The van der Waals surface area contributed by atoms with Crippen LogP contribution in [-0.4, -0.2) is 45.5 Å². The molecule has 0 aliphatic heterocycles. The first-order valence-electron chi connectivity index (χ1n) is 10.5. The number of aryl methyl sites for hydroxylation is 2. The van der Waals surface area contributed by atoms with Gasteiger partial charge in [-0.3, -0.25) is 4.79 Å². The number of nitrogens with zero attached hydrogens (tertiary/aromatic N) is 4. The number of ether oxygens (including phenoxy) is 2. The zero-order chi connectivity index (χ0) is 23.4. The highest BCUT2D eigenvalue weighted by Crippen LogP contribution is 2.23. The second-order valence-electron chi connectivity index (χ2n) is 7.66. The van der Waals surface area contributed by atoms with Crippen LogP contribution in [0, 0.1) is 26.6 Å². The summed E-state index contributed by atoms with van der Waals surface area (Å²) in [4.78, 5) is 12.1. The molecule has 0 aliphatic carbocycles. The van der Waals surface area contributed by atoms with Gasteiger partial charge in [-0.25, -0.2) is 4.39 Å². The van der Waals surface area contributed by atoms with Crippen LogP contribution in [0.5, 0.6) is 11.6 Å². The maximum Gasteiger partial charge on any atom is 0.258 e. The first-order valence-corrected chi connectivity index (χ1v) is 10.5. The van der Waals surface area contributed by atoms with Crippen LogP contribution in [0.2, 0.25) is 0 Å². The SMILES string of the molecule is Cc1cc(C)c(C)c(OCC(=O)NCCOc2ccc3nnc(-c4ccc(F)cc4)n3n2)c1. The molecule has 0 spiro atoms. The van der Waals surface area contributed by atoms with Gasteiger partial charge in [0, 0.05) is 11.6 Å². The van der Waals surface area contributed by atoms with Gasteiger partial charge < -0.3 is 14.8 Å². The third-order valence-corrected chi connectivity index (χ3v) is 5.14. The number of carbonyl (C=O) groups excluding carboxylic acids is 1. The summed E-state index contributed by atoms with van der Waals surface area (Å²) < 4.78 is 26.1. The molecular formula is C24H24FN5O3. The molecule has 170 valence electrons. The number of halogens is 1. The summed E-state index contributed by atoms with van der Waals surface area (Å²) in [6, 6.07) is 13.3. The monoisotopic (exact) mass is 449 g/mol. The molecule has 0 fully saturated rings. The molecule has 0 unspecified atom stereocenters. The Kier molecular flexibility index (Phi) is 6.48. The number of fused-ring (bicyclic) bond motifs is 1. The van der Waals surface area contributed by atoms with Gasteiger partial charge in [-0.1, -0.05) is 6.07 Å². The lowest BCUT2D eigenvalue weighted by atomic mass is 10.1. The fourth-order valence-corrected chi connectivity index (χ4v) is 3.32. The van der Waals surface area contributed by atoms with E-state index in [2.05, 4.69) is 26.7 Å². The zero-order valence-corrected chi connectivity index (χ0v) is 18.6. The van der Waals surface area contributed by atoms with E-state index in [9.17, 15) is 9.18 Å². The maximum absolute atomic E-state index is 13.2. The molecule has 0 saturated heterocycles. The standard InChI is InChI=1S/C24H24FN5O3/c1-15-12-16(2)17(3)20(13-15)33-14-22(31)26-10-11-32-23-9-8-21-27-28-24(30(21)29-23)18-4-6-19(25)7-5-18/h4-9,12-13H,10-11,14H2,1-3H3,(H,26,31). The largest absolute Gasteiger partial charge is 0.483 e. The van der Waals surface area contributed by atoms with E-state index >= 15 is 0 Å². The predicted octanol–water partition coefficient (Wildman–Crippen LogP) is 3.43. The Bertz CT molecular complexity index is 1290. The number of rotatable bonds is 8. The van der Waals surface area contributed by atoms with Crippen LogP contribution in [0.25, 0.3) is 17.0 Å². The molecule has 4 aromatic rings. The summed E-state index contributed by atoms with van der Waals surface area (Å²) in [6.45, 7) is 6.42. The molecule has 9 heteroatoms. The molecule has 1 N–H and O–H groups in total. The number of nitrogens with one attached hydrogen (secondary N) is 1. The Morgan fingerprint density at radius 2 is 1.82 bits per heavy atom. The van der Waals surface area contributed by atoms with Crippen molar-refractivity contribution in [2.45, 2.75) is 20.8 Å². The van der Waals surface area contributed by atoms with Gasteiger partial charge in [-0.15, -0.1) is 15.3 Å². The molecule has 0 atom stereocenters. The molecular weight excluding hydrogens is 425 g/mol. The van der Waals surface area contributed by atoms with Crippen molar-refractivity contribution >= 4 is 11.6 Å². The van der Waals surface area contributed by atoms with E-state index in [0.717, 1.165) is 16.7 Å². The smallest absolute Gasteiger partial charge is 0.258 e. The highest BCUT2D eigenvalue weighted by molar-refractivity contribution is 5.77. The van der Waals surface area contributed by atoms with Gasteiger partial charge in [-0.05, 0) is 73.9 Å². The lowest BCUT2D eigenvalue weighted by Gasteiger charge is -2.12. The third-order valence-electron chi connectivity index (χ3n) is 5.14. The van der Waals surface area contributed by atoms with Crippen molar-refractivity contribution in [2.75, 3.05) is 19.8 Å². The maximum atomic E-state index is 13.2. The summed E-state index contributed by atoms with van der Waals surface area (Å²) in [6.07, 6.45) is 0. The van der Waals surface area contributed by atoms with Crippen LogP contribution >= 0.6 is 0 Å². The molecule has 0 bridgehead atoms. The molecule has 8 nitrogen and oxygen atoms in total. The number of hydrogen-bond acceptors (Lipinski definition) is 6. The van der Waals surface area contributed by atoms with E-state index in [1.54, 1.807) is 24.3 Å². The average molecular weight is 449 g/mol. The fraction of sp³-hybridized carbons (Fsp3) is 0.250. The first kappa shape index (κ1) is 22.2. The average Bonchev–Trinajstić information content (AvgIpc) is 3.22.